The molecule has 0 aliphatic carbocycles. The fourth-order valence-electron chi connectivity index (χ4n) is 3.42. The van der Waals surface area contributed by atoms with Gasteiger partial charge in [0.05, 0.1) is 31.9 Å². The predicted octanol–water partition coefficient (Wildman–Crippen LogP) is 0.146. The maximum Gasteiger partial charge on any atom is 0.236 e. The van der Waals surface area contributed by atoms with Crippen LogP contribution >= 0.6 is 11.3 Å². The molecule has 0 unspecified atom stereocenters. The van der Waals surface area contributed by atoms with E-state index in [1.807, 2.05) is 15.2 Å². The van der Waals surface area contributed by atoms with Crippen LogP contribution in [0.3, 0.4) is 0 Å². The topological polar surface area (TPSA) is 91.8 Å². The van der Waals surface area contributed by atoms with Crippen LogP contribution in [0.1, 0.15) is 5.69 Å². The number of nitrogens with zero attached hydrogens (tertiary/aromatic N) is 6. The quantitative estimate of drug-likeness (QED) is 0.685. The number of hydrogen-bond acceptors (Lipinski definition) is 8. The average molecular weight is 417 g/mol. The zero-order valence-electron chi connectivity index (χ0n) is 16.2. The summed E-state index contributed by atoms with van der Waals surface area (Å²) in [4.78, 5) is 43.8. The van der Waals surface area contributed by atoms with Crippen molar-refractivity contribution in [3.05, 3.63) is 29.5 Å². The Kier molecular flexibility index (Phi) is 6.43. The molecule has 29 heavy (non-hydrogen) atoms. The molecule has 0 saturated carbocycles. The Morgan fingerprint density at radius 3 is 2.31 bits per heavy atom. The molecule has 0 aromatic carbocycles. The Bertz CT molecular complexity index is 831. The van der Waals surface area contributed by atoms with Crippen LogP contribution in [-0.2, 0) is 20.7 Å². The van der Waals surface area contributed by atoms with Crippen LogP contribution < -0.4 is 0 Å². The summed E-state index contributed by atoms with van der Waals surface area (Å²) in [6.45, 7) is 5.68. The second-order valence-corrected chi connectivity index (χ2v) is 7.90. The number of carbonyl (C=O) groups excluding carboxylic acids is 2. The lowest BCUT2D eigenvalue weighted by Gasteiger charge is -2.36. The van der Waals surface area contributed by atoms with Gasteiger partial charge in [0.25, 0.3) is 0 Å². The van der Waals surface area contributed by atoms with Gasteiger partial charge in [-0.3, -0.25) is 14.5 Å². The van der Waals surface area contributed by atoms with Crippen molar-refractivity contribution in [2.75, 3.05) is 59.0 Å². The largest absolute Gasteiger partial charge is 0.379 e. The normalized spacial score (nSPS) is 18.1. The molecule has 10 heteroatoms. The molecule has 0 bridgehead atoms. The SMILES string of the molecule is O=C(Cc1csc(-c2ncccn2)n1)N1CCN(C(=O)CN2CCOCC2)CC1. The van der Waals surface area contributed by atoms with Crippen LogP contribution in [0, 0.1) is 0 Å². The number of amides is 2. The van der Waals surface area contributed by atoms with E-state index in [1.165, 1.54) is 11.3 Å². The number of hydrogen-bond donors (Lipinski definition) is 0. The third-order valence-corrected chi connectivity index (χ3v) is 5.98. The third-order valence-electron chi connectivity index (χ3n) is 5.09. The number of rotatable bonds is 5. The first-order chi connectivity index (χ1) is 14.2. The Labute approximate surface area is 173 Å². The van der Waals surface area contributed by atoms with Crippen LogP contribution in [0.25, 0.3) is 10.8 Å². The zero-order valence-corrected chi connectivity index (χ0v) is 17.0. The average Bonchev–Trinajstić information content (AvgIpc) is 3.23. The maximum absolute atomic E-state index is 12.6. The predicted molar refractivity (Wildman–Crippen MR) is 107 cm³/mol. The van der Waals surface area contributed by atoms with Gasteiger partial charge in [-0.25, -0.2) is 15.0 Å². The van der Waals surface area contributed by atoms with Crippen molar-refractivity contribution in [1.29, 1.82) is 0 Å². The van der Waals surface area contributed by atoms with Gasteiger partial charge in [0, 0.05) is 57.0 Å². The van der Waals surface area contributed by atoms with Gasteiger partial charge < -0.3 is 14.5 Å². The van der Waals surface area contributed by atoms with Crippen molar-refractivity contribution in [1.82, 2.24) is 29.7 Å². The molecular weight excluding hydrogens is 392 g/mol. The summed E-state index contributed by atoms with van der Waals surface area (Å²) in [5, 5.41) is 2.60. The van der Waals surface area contributed by atoms with E-state index in [0.29, 0.717) is 56.8 Å². The standard InChI is InChI=1S/C19H24N6O3S/c26-16(12-15-14-29-19(22-15)18-20-2-1-3-21-18)24-4-6-25(7-5-24)17(27)13-23-8-10-28-11-9-23/h1-3,14H,4-13H2. The molecule has 0 N–H and O–H groups in total. The molecule has 2 aromatic heterocycles. The highest BCUT2D eigenvalue weighted by molar-refractivity contribution is 7.13. The van der Waals surface area contributed by atoms with Crippen LogP contribution in [0.4, 0.5) is 0 Å². The molecule has 9 nitrogen and oxygen atoms in total. The van der Waals surface area contributed by atoms with Crippen molar-refractivity contribution in [2.24, 2.45) is 0 Å². The number of piperazine rings is 1. The molecule has 4 heterocycles. The Hall–Kier alpha value is -2.43. The van der Waals surface area contributed by atoms with Crippen molar-refractivity contribution < 1.29 is 14.3 Å². The fourth-order valence-corrected chi connectivity index (χ4v) is 4.19. The lowest BCUT2D eigenvalue weighted by molar-refractivity contribution is -0.140. The van der Waals surface area contributed by atoms with Crippen LogP contribution in [0.5, 0.6) is 0 Å². The van der Waals surface area contributed by atoms with E-state index in [4.69, 9.17) is 4.74 Å². The number of ether oxygens (including phenoxy) is 1. The van der Waals surface area contributed by atoms with E-state index in [0.717, 1.165) is 18.8 Å². The molecule has 2 aliphatic rings. The highest BCUT2D eigenvalue weighted by Gasteiger charge is 2.26. The van der Waals surface area contributed by atoms with Gasteiger partial charge in [-0.05, 0) is 6.07 Å². The third kappa shape index (κ3) is 5.14. The number of morpholine rings is 1. The first-order valence-electron chi connectivity index (χ1n) is 9.76. The number of aromatic nitrogens is 3. The van der Waals surface area contributed by atoms with E-state index < -0.39 is 0 Å². The van der Waals surface area contributed by atoms with Crippen molar-refractivity contribution >= 4 is 23.2 Å². The van der Waals surface area contributed by atoms with Gasteiger partial charge in [0.2, 0.25) is 11.8 Å². The molecule has 0 radical (unpaired) electrons. The summed E-state index contributed by atoms with van der Waals surface area (Å²) in [5.74, 6) is 0.741. The first-order valence-corrected chi connectivity index (χ1v) is 10.6. The summed E-state index contributed by atoms with van der Waals surface area (Å²) in [5.41, 5.74) is 0.730. The maximum atomic E-state index is 12.6. The summed E-state index contributed by atoms with van der Waals surface area (Å²) >= 11 is 1.44. The highest BCUT2D eigenvalue weighted by atomic mass is 32.1. The molecular formula is C19H24N6O3S. The minimum Gasteiger partial charge on any atom is -0.379 e. The monoisotopic (exact) mass is 416 g/mol. The lowest BCUT2D eigenvalue weighted by Crippen LogP contribution is -2.53. The van der Waals surface area contributed by atoms with Crippen LogP contribution in [0.2, 0.25) is 0 Å². The van der Waals surface area contributed by atoms with Crippen LogP contribution in [-0.4, -0.2) is 100 Å². The van der Waals surface area contributed by atoms with Crippen molar-refractivity contribution in [3.63, 3.8) is 0 Å². The second-order valence-electron chi connectivity index (χ2n) is 7.04. The molecule has 2 amide bonds. The van der Waals surface area contributed by atoms with Crippen molar-refractivity contribution in [3.8, 4) is 10.8 Å². The minimum atomic E-state index is 0.0381. The molecule has 2 fully saturated rings. The summed E-state index contributed by atoms with van der Waals surface area (Å²) in [6.07, 6.45) is 3.61. The number of thiazole rings is 1. The van der Waals surface area contributed by atoms with Gasteiger partial charge in [-0.1, -0.05) is 0 Å². The Balaban J connectivity index is 1.25. The van der Waals surface area contributed by atoms with Gasteiger partial charge in [-0.15, -0.1) is 11.3 Å². The smallest absolute Gasteiger partial charge is 0.236 e. The molecule has 4 rings (SSSR count). The van der Waals surface area contributed by atoms with Gasteiger partial charge >= 0.3 is 0 Å². The van der Waals surface area contributed by atoms with Crippen molar-refractivity contribution in [2.45, 2.75) is 6.42 Å². The lowest BCUT2D eigenvalue weighted by atomic mass is 10.2. The first kappa shape index (κ1) is 19.9. The zero-order chi connectivity index (χ0) is 20.1. The number of carbonyl (C=O) groups is 2. The molecule has 154 valence electrons. The molecule has 2 aliphatic heterocycles. The Morgan fingerprint density at radius 1 is 0.966 bits per heavy atom. The molecule has 0 atom stereocenters. The highest BCUT2D eigenvalue weighted by Crippen LogP contribution is 2.20. The van der Waals surface area contributed by atoms with Gasteiger partial charge in [-0.2, -0.15) is 0 Å². The van der Waals surface area contributed by atoms with E-state index in [1.54, 1.807) is 18.5 Å². The summed E-state index contributed by atoms with van der Waals surface area (Å²) < 4.78 is 5.32. The van der Waals surface area contributed by atoms with E-state index in [-0.39, 0.29) is 18.2 Å². The van der Waals surface area contributed by atoms with Gasteiger partial charge in [0.15, 0.2) is 10.8 Å². The van der Waals surface area contributed by atoms with E-state index in [2.05, 4.69) is 19.9 Å². The molecule has 0 spiro atoms. The van der Waals surface area contributed by atoms with Crippen LogP contribution in [0.15, 0.2) is 23.8 Å². The fraction of sp³-hybridized carbons (Fsp3) is 0.526. The minimum absolute atomic E-state index is 0.0381. The van der Waals surface area contributed by atoms with E-state index >= 15 is 0 Å². The van der Waals surface area contributed by atoms with Gasteiger partial charge in [0.1, 0.15) is 0 Å². The summed E-state index contributed by atoms with van der Waals surface area (Å²) in [7, 11) is 0. The molecule has 2 saturated heterocycles. The second kappa shape index (κ2) is 9.38. The Morgan fingerprint density at radius 2 is 1.62 bits per heavy atom. The molecule has 2 aromatic rings. The summed E-state index contributed by atoms with van der Waals surface area (Å²) in [6, 6.07) is 1.76. The van der Waals surface area contributed by atoms with E-state index in [9.17, 15) is 9.59 Å².